The van der Waals surface area contributed by atoms with Gasteiger partial charge in [-0.2, -0.15) is 0 Å². The summed E-state index contributed by atoms with van der Waals surface area (Å²) in [6, 6.07) is 15.0. The van der Waals surface area contributed by atoms with Gasteiger partial charge in [0.15, 0.2) is 0 Å². The van der Waals surface area contributed by atoms with E-state index >= 15 is 0 Å². The van der Waals surface area contributed by atoms with Crippen LogP contribution in [0.15, 0.2) is 54.7 Å². The van der Waals surface area contributed by atoms with E-state index in [-0.39, 0.29) is 17.5 Å². The van der Waals surface area contributed by atoms with Gasteiger partial charge < -0.3 is 10.2 Å². The average molecular weight is 360 g/mol. The number of carbonyl (C=O) groups is 2. The quantitative estimate of drug-likeness (QED) is 0.776. The number of amides is 2. The zero-order valence-corrected chi connectivity index (χ0v) is 15.1. The van der Waals surface area contributed by atoms with E-state index in [1.165, 1.54) is 11.8 Å². The number of para-hydroxylation sites is 2. The van der Waals surface area contributed by atoms with Gasteiger partial charge in [0.2, 0.25) is 5.91 Å². The number of nitrogens with one attached hydrogen (secondary N) is 1. The van der Waals surface area contributed by atoms with Crippen LogP contribution in [0, 0.1) is 6.92 Å². The van der Waals surface area contributed by atoms with Crippen LogP contribution in [0.4, 0.5) is 0 Å². The molecule has 6 nitrogen and oxygen atoms in total. The van der Waals surface area contributed by atoms with Crippen LogP contribution in [0.2, 0.25) is 0 Å². The summed E-state index contributed by atoms with van der Waals surface area (Å²) in [5, 5.41) is 2.80. The van der Waals surface area contributed by atoms with Crippen molar-refractivity contribution >= 4 is 22.8 Å². The van der Waals surface area contributed by atoms with Crippen molar-refractivity contribution in [3.8, 4) is 0 Å². The van der Waals surface area contributed by atoms with E-state index in [2.05, 4.69) is 15.3 Å². The lowest BCUT2D eigenvalue weighted by atomic mass is 10.1. The van der Waals surface area contributed by atoms with Crippen molar-refractivity contribution in [2.45, 2.75) is 25.9 Å². The molecule has 6 heteroatoms. The van der Waals surface area contributed by atoms with E-state index in [4.69, 9.17) is 0 Å². The molecule has 2 aromatic carbocycles. The van der Waals surface area contributed by atoms with E-state index in [0.29, 0.717) is 25.0 Å². The molecule has 1 N–H and O–H groups in total. The largest absolute Gasteiger partial charge is 0.339 e. The van der Waals surface area contributed by atoms with Crippen LogP contribution in [-0.2, 0) is 11.3 Å². The number of hydrogen-bond donors (Lipinski definition) is 1. The summed E-state index contributed by atoms with van der Waals surface area (Å²) in [7, 11) is 0. The van der Waals surface area contributed by atoms with Crippen molar-refractivity contribution < 1.29 is 9.59 Å². The molecule has 2 amide bonds. The number of fused-ring (bicyclic) bond motifs is 1. The molecule has 1 fully saturated rings. The fourth-order valence-corrected chi connectivity index (χ4v) is 3.24. The topological polar surface area (TPSA) is 75.2 Å². The van der Waals surface area contributed by atoms with Crippen molar-refractivity contribution in [1.29, 1.82) is 0 Å². The summed E-state index contributed by atoms with van der Waals surface area (Å²) in [5.74, 6) is -0.429. The number of nitrogens with zero attached hydrogens (tertiary/aromatic N) is 3. The lowest BCUT2D eigenvalue weighted by Gasteiger charge is -2.17. The van der Waals surface area contributed by atoms with Gasteiger partial charge in [0.05, 0.1) is 17.2 Å². The summed E-state index contributed by atoms with van der Waals surface area (Å²) in [6.07, 6.45) is 2.04. The smallest absolute Gasteiger partial charge is 0.272 e. The Hall–Kier alpha value is -3.28. The first-order valence-corrected chi connectivity index (χ1v) is 8.97. The molecular weight excluding hydrogens is 340 g/mol. The molecule has 1 atom stereocenters. The maximum absolute atomic E-state index is 12.6. The highest BCUT2D eigenvalue weighted by Crippen LogP contribution is 2.16. The molecule has 1 unspecified atom stereocenters. The highest BCUT2D eigenvalue weighted by atomic mass is 16.2. The maximum atomic E-state index is 12.6. The number of aryl methyl sites for hydroxylation is 1. The Kier molecular flexibility index (Phi) is 4.54. The van der Waals surface area contributed by atoms with Gasteiger partial charge in [0.1, 0.15) is 11.7 Å². The minimum Gasteiger partial charge on any atom is -0.339 e. The number of likely N-dealkylation sites (tertiary alicyclic amines) is 1. The molecule has 0 saturated carbocycles. The first kappa shape index (κ1) is 17.1. The first-order valence-electron chi connectivity index (χ1n) is 8.97. The van der Waals surface area contributed by atoms with Crippen LogP contribution in [0.25, 0.3) is 11.0 Å². The van der Waals surface area contributed by atoms with Crippen molar-refractivity contribution in [3.63, 3.8) is 0 Å². The van der Waals surface area contributed by atoms with E-state index in [0.717, 1.165) is 11.1 Å². The third-order valence-corrected chi connectivity index (χ3v) is 4.78. The number of benzene rings is 2. The fraction of sp³-hybridized carbons (Fsp3) is 0.238. The number of aromatic nitrogens is 2. The van der Waals surface area contributed by atoms with Gasteiger partial charge >= 0.3 is 0 Å². The molecule has 0 spiro atoms. The number of hydrogen-bond acceptors (Lipinski definition) is 4. The maximum Gasteiger partial charge on any atom is 0.272 e. The number of rotatable bonds is 4. The summed E-state index contributed by atoms with van der Waals surface area (Å²) >= 11 is 0. The van der Waals surface area contributed by atoms with Crippen LogP contribution < -0.4 is 5.32 Å². The van der Waals surface area contributed by atoms with Crippen LogP contribution in [0.5, 0.6) is 0 Å². The second-order valence-corrected chi connectivity index (χ2v) is 6.80. The average Bonchev–Trinajstić information content (AvgIpc) is 3.03. The van der Waals surface area contributed by atoms with Crippen LogP contribution >= 0.6 is 0 Å². The molecule has 0 aliphatic carbocycles. The molecule has 136 valence electrons. The Morgan fingerprint density at radius 2 is 1.89 bits per heavy atom. The van der Waals surface area contributed by atoms with Crippen molar-refractivity contribution in [3.05, 3.63) is 71.5 Å². The van der Waals surface area contributed by atoms with Crippen molar-refractivity contribution in [1.82, 2.24) is 20.2 Å². The molecule has 3 aromatic rings. The predicted molar refractivity (Wildman–Crippen MR) is 102 cm³/mol. The Morgan fingerprint density at radius 1 is 1.15 bits per heavy atom. The molecule has 0 bridgehead atoms. The second kappa shape index (κ2) is 7.15. The molecule has 27 heavy (non-hydrogen) atoms. The molecule has 1 aliphatic heterocycles. The highest BCUT2D eigenvalue weighted by molar-refractivity contribution is 5.97. The van der Waals surface area contributed by atoms with E-state index < -0.39 is 6.04 Å². The van der Waals surface area contributed by atoms with Gasteiger partial charge in [-0.15, -0.1) is 0 Å². The van der Waals surface area contributed by atoms with Crippen LogP contribution in [0.1, 0.15) is 28.0 Å². The molecule has 1 saturated heterocycles. The lowest BCUT2D eigenvalue weighted by Crippen LogP contribution is -2.41. The Balaban J connectivity index is 1.42. The van der Waals surface area contributed by atoms with Gasteiger partial charge in [-0.05, 0) is 31.0 Å². The minimum atomic E-state index is -0.517. The molecule has 4 rings (SSSR count). The summed E-state index contributed by atoms with van der Waals surface area (Å²) in [6.45, 7) is 3.22. The third-order valence-electron chi connectivity index (χ3n) is 4.78. The summed E-state index contributed by atoms with van der Waals surface area (Å²) in [5.41, 5.74) is 3.88. The second-order valence-electron chi connectivity index (χ2n) is 6.80. The van der Waals surface area contributed by atoms with E-state index in [1.807, 2.05) is 55.5 Å². The van der Waals surface area contributed by atoms with Crippen LogP contribution in [0.3, 0.4) is 0 Å². The summed E-state index contributed by atoms with van der Waals surface area (Å²) in [4.78, 5) is 35.5. The van der Waals surface area contributed by atoms with Gasteiger partial charge in [-0.3, -0.25) is 14.6 Å². The third kappa shape index (κ3) is 3.65. The predicted octanol–water partition coefficient (Wildman–Crippen LogP) is 2.47. The van der Waals surface area contributed by atoms with Gasteiger partial charge in [0.25, 0.3) is 5.91 Å². The zero-order valence-electron chi connectivity index (χ0n) is 15.1. The highest BCUT2D eigenvalue weighted by Gasteiger charge is 2.33. The minimum absolute atomic E-state index is 0.0577. The summed E-state index contributed by atoms with van der Waals surface area (Å²) < 4.78 is 0. The van der Waals surface area contributed by atoms with E-state index in [1.54, 1.807) is 4.90 Å². The lowest BCUT2D eigenvalue weighted by molar-refractivity contribution is -0.129. The monoisotopic (exact) mass is 360 g/mol. The molecule has 0 radical (unpaired) electrons. The molecule has 1 aromatic heterocycles. The first-order chi connectivity index (χ1) is 13.1. The van der Waals surface area contributed by atoms with Crippen LogP contribution in [-0.4, -0.2) is 39.3 Å². The van der Waals surface area contributed by atoms with Crippen molar-refractivity contribution in [2.75, 3.05) is 6.54 Å². The zero-order chi connectivity index (χ0) is 18.8. The molecule has 2 heterocycles. The van der Waals surface area contributed by atoms with Crippen molar-refractivity contribution in [2.24, 2.45) is 0 Å². The molecule has 1 aliphatic rings. The fourth-order valence-electron chi connectivity index (χ4n) is 3.24. The normalized spacial score (nSPS) is 16.7. The Bertz CT molecular complexity index is 1000. The number of carbonyl (C=O) groups excluding carboxylic acids is 2. The molecular formula is C21H20N4O2. The van der Waals surface area contributed by atoms with Gasteiger partial charge in [0, 0.05) is 13.1 Å². The SMILES string of the molecule is Cc1ccc(CN2CCC(NC(=O)c3cnc4ccccc4n3)C2=O)cc1. The van der Waals surface area contributed by atoms with E-state index in [9.17, 15) is 9.59 Å². The Morgan fingerprint density at radius 3 is 2.67 bits per heavy atom. The van der Waals surface area contributed by atoms with Gasteiger partial charge in [-0.1, -0.05) is 42.0 Å². The standard InChI is InChI=1S/C21H20N4O2/c1-14-6-8-15(9-7-14)13-25-11-10-18(21(25)27)24-20(26)19-12-22-16-4-2-3-5-17(16)23-19/h2-9,12,18H,10-11,13H2,1H3,(H,24,26). The van der Waals surface area contributed by atoms with Gasteiger partial charge in [-0.25, -0.2) is 4.98 Å². The Labute approximate surface area is 157 Å².